The molecule has 192 valence electrons. The van der Waals surface area contributed by atoms with E-state index in [0.29, 0.717) is 5.84 Å². The summed E-state index contributed by atoms with van der Waals surface area (Å²) in [6.45, 7) is 9.16. The molecule has 8 heteroatoms. The van der Waals surface area contributed by atoms with Crippen LogP contribution in [0.15, 0.2) is 53.6 Å². The fourth-order valence-corrected chi connectivity index (χ4v) is 5.33. The van der Waals surface area contributed by atoms with Gasteiger partial charge in [0.05, 0.1) is 6.54 Å². The van der Waals surface area contributed by atoms with Crippen LogP contribution in [0.25, 0.3) is 22.3 Å². The molecule has 0 atom stereocenters. The van der Waals surface area contributed by atoms with E-state index in [9.17, 15) is 0 Å². The second-order valence-electron chi connectivity index (χ2n) is 9.82. The number of imidazole rings is 1. The van der Waals surface area contributed by atoms with E-state index >= 15 is 0 Å². The van der Waals surface area contributed by atoms with Gasteiger partial charge in [0, 0.05) is 36.5 Å². The molecule has 4 aromatic rings. The van der Waals surface area contributed by atoms with E-state index in [0.717, 1.165) is 65.4 Å². The van der Waals surface area contributed by atoms with Gasteiger partial charge in [-0.25, -0.2) is 21.3 Å². The molecule has 0 radical (unpaired) electrons. The van der Waals surface area contributed by atoms with Gasteiger partial charge in [-0.1, -0.05) is 31.2 Å². The monoisotopic (exact) mass is 496 g/mol. The Hall–Kier alpha value is -3.91. The number of rotatable bonds is 7. The fraction of sp³-hybridized carbons (Fsp3) is 0.345. The van der Waals surface area contributed by atoms with Gasteiger partial charge in [-0.3, -0.25) is 0 Å². The Balaban J connectivity index is 1.50. The van der Waals surface area contributed by atoms with Crippen LogP contribution in [0.5, 0.6) is 0 Å². The number of hydrazine groups is 1. The van der Waals surface area contributed by atoms with Crippen molar-refractivity contribution >= 4 is 22.7 Å². The first kappa shape index (κ1) is 24.8. The number of nitrogens with zero attached hydrogens (tertiary/aromatic N) is 5. The van der Waals surface area contributed by atoms with Gasteiger partial charge in [0.25, 0.3) is 0 Å². The SMILES string of the molecule is CCc1nc2c(C)cc(C)nc2n1Cc1ccc(-c2cc(N3CCCCC3)ccc2/C(N)=N/NN)cc1. The molecule has 0 aliphatic carbocycles. The van der Waals surface area contributed by atoms with Crippen molar-refractivity contribution in [3.63, 3.8) is 0 Å². The number of benzene rings is 2. The van der Waals surface area contributed by atoms with E-state index in [-0.39, 0.29) is 0 Å². The lowest BCUT2D eigenvalue weighted by Gasteiger charge is -2.29. The second kappa shape index (κ2) is 10.6. The number of pyridine rings is 1. The molecule has 5 rings (SSSR count). The van der Waals surface area contributed by atoms with Gasteiger partial charge in [0.1, 0.15) is 11.3 Å². The van der Waals surface area contributed by atoms with Crippen LogP contribution in [0.3, 0.4) is 0 Å². The lowest BCUT2D eigenvalue weighted by Crippen LogP contribution is -2.29. The van der Waals surface area contributed by atoms with Crippen LogP contribution in [-0.2, 0) is 13.0 Å². The number of hydrogen-bond acceptors (Lipinski definition) is 6. The maximum absolute atomic E-state index is 6.28. The highest BCUT2D eigenvalue weighted by Gasteiger charge is 2.17. The molecule has 8 nitrogen and oxygen atoms in total. The molecular weight excluding hydrogens is 460 g/mol. The van der Waals surface area contributed by atoms with E-state index in [1.165, 1.54) is 36.1 Å². The predicted octanol–water partition coefficient (Wildman–Crippen LogP) is 4.40. The summed E-state index contributed by atoms with van der Waals surface area (Å²) in [7, 11) is 0. The lowest BCUT2D eigenvalue weighted by molar-refractivity contribution is 0.578. The van der Waals surface area contributed by atoms with Gasteiger partial charge < -0.3 is 15.2 Å². The Labute approximate surface area is 218 Å². The molecule has 2 aromatic carbocycles. The Bertz CT molecular complexity index is 1430. The summed E-state index contributed by atoms with van der Waals surface area (Å²) in [6, 6.07) is 17.2. The molecular formula is C29H36N8. The third-order valence-corrected chi connectivity index (χ3v) is 7.21. The molecule has 37 heavy (non-hydrogen) atoms. The zero-order chi connectivity index (χ0) is 25.9. The Morgan fingerprint density at radius 1 is 1.00 bits per heavy atom. The summed E-state index contributed by atoms with van der Waals surface area (Å²) in [5.74, 6) is 6.84. The van der Waals surface area contributed by atoms with Crippen molar-refractivity contribution in [2.24, 2.45) is 16.7 Å². The first-order valence-electron chi connectivity index (χ1n) is 13.1. The number of nitrogens with two attached hydrogens (primary N) is 2. The summed E-state index contributed by atoms with van der Waals surface area (Å²) < 4.78 is 2.24. The molecule has 0 spiro atoms. The molecule has 5 N–H and O–H groups in total. The molecule has 0 amide bonds. The summed E-state index contributed by atoms with van der Waals surface area (Å²) in [4.78, 5) is 12.2. The highest BCUT2D eigenvalue weighted by molar-refractivity contribution is 6.04. The minimum Gasteiger partial charge on any atom is -0.382 e. The molecule has 1 fully saturated rings. The van der Waals surface area contributed by atoms with E-state index in [1.807, 2.05) is 13.0 Å². The average Bonchev–Trinajstić information content (AvgIpc) is 3.27. The minimum absolute atomic E-state index is 0.362. The van der Waals surface area contributed by atoms with Gasteiger partial charge >= 0.3 is 0 Å². The normalized spacial score (nSPS) is 14.4. The van der Waals surface area contributed by atoms with Gasteiger partial charge in [0.2, 0.25) is 0 Å². The van der Waals surface area contributed by atoms with Crippen LogP contribution >= 0.6 is 0 Å². The average molecular weight is 497 g/mol. The smallest absolute Gasteiger partial charge is 0.160 e. The van der Waals surface area contributed by atoms with Crippen molar-refractivity contribution in [2.75, 3.05) is 18.0 Å². The number of hydrazone groups is 1. The first-order valence-corrected chi connectivity index (χ1v) is 13.1. The zero-order valence-electron chi connectivity index (χ0n) is 22.0. The van der Waals surface area contributed by atoms with Gasteiger partial charge in [0.15, 0.2) is 11.5 Å². The number of hydrogen-bond donors (Lipinski definition) is 3. The third kappa shape index (κ3) is 5.02. The Morgan fingerprint density at radius 2 is 1.76 bits per heavy atom. The third-order valence-electron chi connectivity index (χ3n) is 7.21. The maximum Gasteiger partial charge on any atom is 0.160 e. The summed E-state index contributed by atoms with van der Waals surface area (Å²) in [6.07, 6.45) is 4.60. The topological polar surface area (TPSA) is 110 Å². The zero-order valence-corrected chi connectivity index (χ0v) is 22.0. The Kier molecular flexibility index (Phi) is 7.10. The van der Waals surface area contributed by atoms with Crippen LogP contribution in [0.2, 0.25) is 0 Å². The van der Waals surface area contributed by atoms with Crippen LogP contribution in [0.1, 0.15) is 54.4 Å². The summed E-state index contributed by atoms with van der Waals surface area (Å²) in [5, 5.41) is 4.04. The molecule has 1 aliphatic rings. The van der Waals surface area contributed by atoms with Gasteiger partial charge in [-0.15, -0.1) is 5.10 Å². The van der Waals surface area contributed by atoms with E-state index in [4.69, 9.17) is 21.5 Å². The van der Waals surface area contributed by atoms with Crippen LogP contribution in [-0.4, -0.2) is 33.5 Å². The number of piperidine rings is 1. The van der Waals surface area contributed by atoms with Gasteiger partial charge in [-0.2, -0.15) is 0 Å². The number of fused-ring (bicyclic) bond motifs is 1. The van der Waals surface area contributed by atoms with Crippen LogP contribution in [0, 0.1) is 13.8 Å². The van der Waals surface area contributed by atoms with Crippen molar-refractivity contribution in [1.29, 1.82) is 0 Å². The number of amidine groups is 1. The first-order chi connectivity index (χ1) is 18.0. The minimum atomic E-state index is 0.362. The highest BCUT2D eigenvalue weighted by Crippen LogP contribution is 2.31. The van der Waals surface area contributed by atoms with E-state index < -0.39 is 0 Å². The largest absolute Gasteiger partial charge is 0.382 e. The number of aromatic nitrogens is 3. The van der Waals surface area contributed by atoms with E-state index in [1.54, 1.807) is 0 Å². The summed E-state index contributed by atoms with van der Waals surface area (Å²) in [5.41, 5.74) is 18.1. The molecule has 1 saturated heterocycles. The number of aryl methyl sites for hydroxylation is 3. The second-order valence-corrected chi connectivity index (χ2v) is 9.82. The van der Waals surface area contributed by atoms with Crippen LogP contribution < -0.4 is 22.0 Å². The van der Waals surface area contributed by atoms with Crippen LogP contribution in [0.4, 0.5) is 5.69 Å². The van der Waals surface area contributed by atoms with Crippen molar-refractivity contribution in [3.8, 4) is 11.1 Å². The summed E-state index contributed by atoms with van der Waals surface area (Å²) >= 11 is 0. The number of nitrogens with one attached hydrogen (secondary N) is 1. The number of anilines is 1. The molecule has 1 aliphatic heterocycles. The molecule has 3 heterocycles. The molecule has 2 aromatic heterocycles. The highest BCUT2D eigenvalue weighted by atomic mass is 15.5. The van der Waals surface area contributed by atoms with Crippen molar-refractivity contribution in [3.05, 3.63) is 76.7 Å². The Morgan fingerprint density at radius 3 is 2.46 bits per heavy atom. The lowest BCUT2D eigenvalue weighted by atomic mass is 9.96. The van der Waals surface area contributed by atoms with E-state index in [2.05, 4.69) is 76.4 Å². The molecule has 0 saturated carbocycles. The molecule has 0 bridgehead atoms. The quantitative estimate of drug-likeness (QED) is 0.151. The van der Waals surface area contributed by atoms with Crippen molar-refractivity contribution < 1.29 is 0 Å². The van der Waals surface area contributed by atoms with Crippen molar-refractivity contribution in [2.45, 2.75) is 53.0 Å². The van der Waals surface area contributed by atoms with Crippen molar-refractivity contribution in [1.82, 2.24) is 20.1 Å². The maximum atomic E-state index is 6.28. The molecule has 0 unspecified atom stereocenters. The fourth-order valence-electron chi connectivity index (χ4n) is 5.33. The van der Waals surface area contributed by atoms with Gasteiger partial charge in [-0.05, 0) is 79.6 Å². The standard InChI is InChI=1S/C29H36N8/c1-4-26-33-27-19(2)16-20(3)32-29(27)37(26)18-21-8-10-22(11-9-21)25-17-23(36-14-6-5-7-15-36)12-13-24(25)28(30)34-35-31/h8-13,16-17,35H,4-7,14-15,18,31H2,1-3H3,(H2,30,34). The predicted molar refractivity (Wildman–Crippen MR) is 151 cm³/mol.